The second-order valence-corrected chi connectivity index (χ2v) is 20.5. The van der Waals surface area contributed by atoms with Crippen LogP contribution >= 0.6 is 0 Å². The molecule has 348 valence electrons. The van der Waals surface area contributed by atoms with E-state index in [0.717, 1.165) is 105 Å². The normalized spacial score (nSPS) is 12.0. The van der Waals surface area contributed by atoms with Gasteiger partial charge < -0.3 is 18.3 Å². The largest absolute Gasteiger partial charge is 0.306 e. The molecular formula is C68H51N5. The van der Waals surface area contributed by atoms with E-state index in [2.05, 4.69) is 255 Å². The smallest absolute Gasteiger partial charge is 0.104 e. The first-order valence-corrected chi connectivity index (χ1v) is 25.3. The third-order valence-corrected chi connectivity index (χ3v) is 15.8. The van der Waals surface area contributed by atoms with E-state index < -0.39 is 0 Å². The summed E-state index contributed by atoms with van der Waals surface area (Å²) in [6.07, 6.45) is 0. The third kappa shape index (κ3) is 6.01. The molecule has 73 heavy (non-hydrogen) atoms. The molecule has 0 N–H and O–H groups in total. The van der Waals surface area contributed by atoms with Gasteiger partial charge in [-0.25, -0.2) is 0 Å². The molecule has 0 saturated carbocycles. The second-order valence-electron chi connectivity index (χ2n) is 20.5. The van der Waals surface area contributed by atoms with Gasteiger partial charge in [0.1, 0.15) is 11.6 Å². The van der Waals surface area contributed by atoms with E-state index in [1.807, 2.05) is 0 Å². The van der Waals surface area contributed by atoms with Crippen molar-refractivity contribution in [3.63, 3.8) is 0 Å². The maximum Gasteiger partial charge on any atom is 0.104 e. The molecule has 5 heteroatoms. The maximum absolute atomic E-state index is 12.8. The van der Waals surface area contributed by atoms with Crippen LogP contribution in [0.1, 0.15) is 44.5 Å². The van der Waals surface area contributed by atoms with Crippen LogP contribution in [0.4, 0.5) is 0 Å². The molecule has 5 nitrogen and oxygen atoms in total. The Morgan fingerprint density at radius 1 is 0.288 bits per heavy atom. The molecule has 0 amide bonds. The summed E-state index contributed by atoms with van der Waals surface area (Å²) in [5, 5.41) is 22.0. The summed E-state index contributed by atoms with van der Waals surface area (Å²) in [5.74, 6) is 0. The molecule has 14 rings (SSSR count). The van der Waals surface area contributed by atoms with Gasteiger partial charge in [-0.15, -0.1) is 0 Å². The fourth-order valence-electron chi connectivity index (χ4n) is 12.5. The van der Waals surface area contributed by atoms with E-state index in [9.17, 15) is 5.26 Å². The number of nitrogens with zero attached hydrogens (tertiary/aromatic N) is 5. The van der Waals surface area contributed by atoms with Crippen LogP contribution in [0.2, 0.25) is 0 Å². The van der Waals surface area contributed by atoms with E-state index in [1.54, 1.807) is 0 Å². The zero-order chi connectivity index (χ0) is 49.6. The van der Waals surface area contributed by atoms with Gasteiger partial charge in [0.05, 0.1) is 66.9 Å². The number of hydrogen-bond donors (Lipinski definition) is 0. The molecule has 0 radical (unpaired) electrons. The molecule has 4 heterocycles. The first kappa shape index (κ1) is 42.7. The highest BCUT2D eigenvalue weighted by Crippen LogP contribution is 2.52. The molecule has 14 aromatic rings. The fraction of sp³-hybridized carbons (Fsp3) is 0.103. The van der Waals surface area contributed by atoms with Crippen LogP contribution < -0.4 is 0 Å². The van der Waals surface area contributed by atoms with E-state index in [4.69, 9.17) is 0 Å². The number of aromatic nitrogens is 4. The number of nitriles is 1. The second kappa shape index (κ2) is 15.7. The highest BCUT2D eigenvalue weighted by molar-refractivity contribution is 6.17. The SMILES string of the molecule is Cc1ccc2c(c1)c1cc(C)ccc1n2-c1c(-c2cc(C)c(C)cc2C)c(-n2c3ccc(C)cc3c3cc(C)ccc32)c(-n2c3ccccc3c3ccccc32)c(C#N)c1-n1c2ccccc2c2ccccc21. The monoisotopic (exact) mass is 937 g/mol. The van der Waals surface area contributed by atoms with Crippen molar-refractivity contribution in [1.82, 2.24) is 18.3 Å². The zero-order valence-electron chi connectivity index (χ0n) is 42.1. The van der Waals surface area contributed by atoms with Gasteiger partial charge in [0.15, 0.2) is 0 Å². The first-order chi connectivity index (χ1) is 35.6. The molecule has 0 aliphatic carbocycles. The Bertz CT molecular complexity index is 4280. The van der Waals surface area contributed by atoms with Gasteiger partial charge >= 0.3 is 0 Å². The molecule has 0 saturated heterocycles. The van der Waals surface area contributed by atoms with E-state index >= 15 is 0 Å². The Labute approximate surface area is 423 Å². The van der Waals surface area contributed by atoms with Crippen LogP contribution in [-0.4, -0.2) is 18.3 Å². The first-order valence-electron chi connectivity index (χ1n) is 25.3. The lowest BCUT2D eigenvalue weighted by Crippen LogP contribution is -2.16. The van der Waals surface area contributed by atoms with Crippen molar-refractivity contribution in [2.24, 2.45) is 0 Å². The van der Waals surface area contributed by atoms with Gasteiger partial charge in [-0.05, 0) is 144 Å². The van der Waals surface area contributed by atoms with E-state index in [-0.39, 0.29) is 0 Å². The summed E-state index contributed by atoms with van der Waals surface area (Å²) in [4.78, 5) is 0. The lowest BCUT2D eigenvalue weighted by atomic mass is 9.89. The number of hydrogen-bond acceptors (Lipinski definition) is 1. The summed E-state index contributed by atoms with van der Waals surface area (Å²) in [7, 11) is 0. The zero-order valence-corrected chi connectivity index (χ0v) is 42.1. The Morgan fingerprint density at radius 3 is 0.904 bits per heavy atom. The van der Waals surface area contributed by atoms with Crippen LogP contribution in [0, 0.1) is 59.8 Å². The molecule has 0 spiro atoms. The summed E-state index contributed by atoms with van der Waals surface area (Å²) < 4.78 is 9.85. The molecule has 0 unspecified atom stereocenters. The van der Waals surface area contributed by atoms with Crippen LogP contribution in [0.15, 0.2) is 182 Å². The third-order valence-electron chi connectivity index (χ3n) is 15.8. The fourth-order valence-corrected chi connectivity index (χ4v) is 12.5. The van der Waals surface area contributed by atoms with E-state index in [0.29, 0.717) is 5.56 Å². The van der Waals surface area contributed by atoms with Crippen molar-refractivity contribution in [2.75, 3.05) is 0 Å². The predicted molar refractivity (Wildman–Crippen MR) is 307 cm³/mol. The molecule has 10 aromatic carbocycles. The minimum absolute atomic E-state index is 0.566. The van der Waals surface area contributed by atoms with Gasteiger partial charge in [0.2, 0.25) is 0 Å². The topological polar surface area (TPSA) is 43.5 Å². The lowest BCUT2D eigenvalue weighted by molar-refractivity contribution is 1.03. The van der Waals surface area contributed by atoms with Crippen LogP contribution in [0.3, 0.4) is 0 Å². The van der Waals surface area contributed by atoms with E-state index in [1.165, 1.54) is 54.9 Å². The summed E-state index contributed by atoms with van der Waals surface area (Å²) in [6, 6.07) is 70.2. The lowest BCUT2D eigenvalue weighted by Gasteiger charge is -2.30. The van der Waals surface area contributed by atoms with Crippen molar-refractivity contribution in [3.8, 4) is 39.9 Å². The molecular weight excluding hydrogens is 887 g/mol. The summed E-state index contributed by atoms with van der Waals surface area (Å²) in [6.45, 7) is 15.5. The Hall–Kier alpha value is -9.11. The van der Waals surface area contributed by atoms with Crippen LogP contribution in [0.5, 0.6) is 0 Å². The summed E-state index contributed by atoms with van der Waals surface area (Å²) in [5.41, 5.74) is 23.0. The van der Waals surface area contributed by atoms with Crippen molar-refractivity contribution in [1.29, 1.82) is 5.26 Å². The van der Waals surface area contributed by atoms with Crippen molar-refractivity contribution >= 4 is 87.2 Å². The minimum atomic E-state index is 0.566. The Kier molecular flexibility index (Phi) is 9.19. The number of para-hydroxylation sites is 4. The number of benzene rings is 10. The standard InChI is InChI=1S/C68H51N5/c1-39-24-28-60-51(32-39)52-33-40(2)25-29-61(52)72(60)67-64(50-37-44(6)43(5)36-45(50)7)68(73-62-30-26-41(3)34-53(62)54-35-42(4)27-31-63(54)73)66(71-58-22-14-10-18-48(58)49-19-11-15-23-59(49)71)55(38-69)65(67)70-56-20-12-8-16-46(56)47-17-9-13-21-57(47)70/h8-37H,1-7H3. The molecule has 0 atom stereocenters. The molecule has 0 bridgehead atoms. The average Bonchev–Trinajstić information content (AvgIpc) is 4.12. The minimum Gasteiger partial charge on any atom is -0.306 e. The van der Waals surface area contributed by atoms with Crippen LogP contribution in [0.25, 0.3) is 121 Å². The van der Waals surface area contributed by atoms with Crippen LogP contribution in [-0.2, 0) is 0 Å². The maximum atomic E-state index is 12.8. The number of rotatable bonds is 5. The highest BCUT2D eigenvalue weighted by Gasteiger charge is 2.35. The predicted octanol–water partition coefficient (Wildman–Crippen LogP) is 17.8. The number of aryl methyl sites for hydroxylation is 7. The molecule has 4 aromatic heterocycles. The summed E-state index contributed by atoms with van der Waals surface area (Å²) >= 11 is 0. The molecule has 0 aliphatic rings. The van der Waals surface area contributed by atoms with Crippen molar-refractivity contribution in [3.05, 3.63) is 226 Å². The molecule has 0 fully saturated rings. The Balaban J connectivity index is 1.39. The van der Waals surface area contributed by atoms with Crippen molar-refractivity contribution < 1.29 is 0 Å². The quantitative estimate of drug-likeness (QED) is 0.170. The van der Waals surface area contributed by atoms with Gasteiger partial charge in [-0.2, -0.15) is 5.26 Å². The molecule has 0 aliphatic heterocycles. The van der Waals surface area contributed by atoms with Gasteiger partial charge in [0.25, 0.3) is 0 Å². The Morgan fingerprint density at radius 2 is 0.575 bits per heavy atom. The average molecular weight is 938 g/mol. The van der Waals surface area contributed by atoms with Gasteiger partial charge in [0, 0.05) is 48.7 Å². The van der Waals surface area contributed by atoms with Crippen molar-refractivity contribution in [2.45, 2.75) is 48.5 Å². The number of fused-ring (bicyclic) bond motifs is 12. The highest BCUT2D eigenvalue weighted by atomic mass is 15.1. The van der Waals surface area contributed by atoms with Gasteiger partial charge in [-0.3, -0.25) is 0 Å². The van der Waals surface area contributed by atoms with Gasteiger partial charge in [-0.1, -0.05) is 131 Å².